The van der Waals surface area contributed by atoms with Gasteiger partial charge in [-0.3, -0.25) is 0 Å². The Bertz CT molecular complexity index is 421. The average Bonchev–Trinajstić information content (AvgIpc) is 2.35. The Hall–Kier alpha value is -1.69. The summed E-state index contributed by atoms with van der Waals surface area (Å²) < 4.78 is 5.08. The average molecular weight is 253 g/mol. The molecular weight excluding hydrogens is 234 g/mol. The predicted molar refractivity (Wildman–Crippen MR) is 68.0 cm³/mol. The van der Waals surface area contributed by atoms with E-state index in [9.17, 15) is 4.79 Å². The largest absolute Gasteiger partial charge is 0.476 e. The van der Waals surface area contributed by atoms with Crippen molar-refractivity contribution in [2.45, 2.75) is 32.8 Å². The number of carbonyl (C=O) groups is 1. The normalized spacial score (nSPS) is 12.5. The first-order valence-corrected chi connectivity index (χ1v) is 5.82. The van der Waals surface area contributed by atoms with Crippen LogP contribution in [0.25, 0.3) is 0 Å². The third kappa shape index (κ3) is 3.66. The molecule has 0 aliphatic rings. The lowest BCUT2D eigenvalue weighted by Gasteiger charge is -2.14. The van der Waals surface area contributed by atoms with Gasteiger partial charge >= 0.3 is 5.97 Å². The Morgan fingerprint density at radius 1 is 1.50 bits per heavy atom. The minimum Gasteiger partial charge on any atom is -0.476 e. The maximum atomic E-state index is 11.1. The molecule has 1 atom stereocenters. The fourth-order valence-corrected chi connectivity index (χ4v) is 1.30. The highest BCUT2D eigenvalue weighted by Crippen LogP contribution is 2.16. The summed E-state index contributed by atoms with van der Waals surface area (Å²) in [5, 5.41) is 12.1. The molecule has 1 aromatic rings. The number of methoxy groups -OCH3 is 1. The maximum Gasteiger partial charge on any atom is 0.356 e. The van der Waals surface area contributed by atoms with Gasteiger partial charge in [-0.05, 0) is 6.92 Å². The number of carboxylic acid groups (broad SMARTS) is 1. The van der Waals surface area contributed by atoms with Gasteiger partial charge in [0, 0.05) is 19.6 Å². The van der Waals surface area contributed by atoms with Crippen molar-refractivity contribution in [3.8, 4) is 0 Å². The van der Waals surface area contributed by atoms with Crippen LogP contribution in [0.5, 0.6) is 0 Å². The van der Waals surface area contributed by atoms with E-state index in [4.69, 9.17) is 9.84 Å². The summed E-state index contributed by atoms with van der Waals surface area (Å²) in [6.07, 6.45) is 1.49. The van der Waals surface area contributed by atoms with Crippen LogP contribution in [-0.4, -0.2) is 40.8 Å². The molecule has 0 aromatic carbocycles. The van der Waals surface area contributed by atoms with Gasteiger partial charge in [0.25, 0.3) is 0 Å². The quantitative estimate of drug-likeness (QED) is 0.803. The van der Waals surface area contributed by atoms with E-state index in [0.29, 0.717) is 18.1 Å². The van der Waals surface area contributed by atoms with Crippen molar-refractivity contribution < 1.29 is 14.6 Å². The number of anilines is 1. The van der Waals surface area contributed by atoms with Crippen LogP contribution in [-0.2, 0) is 4.74 Å². The highest BCUT2D eigenvalue weighted by molar-refractivity contribution is 5.91. The molecule has 0 saturated carbocycles. The second-order valence-electron chi connectivity index (χ2n) is 4.38. The predicted octanol–water partition coefficient (Wildman–Crippen LogP) is 1.74. The minimum atomic E-state index is -1.06. The van der Waals surface area contributed by atoms with Crippen LogP contribution in [0.1, 0.15) is 43.0 Å². The zero-order chi connectivity index (χ0) is 13.7. The van der Waals surface area contributed by atoms with Crippen LogP contribution in [0, 0.1) is 0 Å². The highest BCUT2D eigenvalue weighted by atomic mass is 16.5. The molecule has 6 heteroatoms. The van der Waals surface area contributed by atoms with Crippen LogP contribution in [0.2, 0.25) is 0 Å². The highest BCUT2D eigenvalue weighted by Gasteiger charge is 2.15. The Kier molecular flexibility index (Phi) is 5.03. The summed E-state index contributed by atoms with van der Waals surface area (Å²) in [4.78, 5) is 19.4. The number of nitrogens with zero attached hydrogens (tertiary/aromatic N) is 2. The summed E-state index contributed by atoms with van der Waals surface area (Å²) in [6.45, 7) is 6.22. The van der Waals surface area contributed by atoms with Crippen molar-refractivity contribution in [3.63, 3.8) is 0 Å². The number of ether oxygens (including phenoxy) is 1. The number of nitrogens with one attached hydrogen (secondary N) is 1. The summed E-state index contributed by atoms with van der Waals surface area (Å²) >= 11 is 0. The monoisotopic (exact) mass is 253 g/mol. The molecule has 0 saturated heterocycles. The van der Waals surface area contributed by atoms with Crippen molar-refractivity contribution >= 4 is 11.7 Å². The van der Waals surface area contributed by atoms with Gasteiger partial charge in [-0.1, -0.05) is 13.8 Å². The van der Waals surface area contributed by atoms with Gasteiger partial charge in [-0.15, -0.1) is 0 Å². The van der Waals surface area contributed by atoms with Crippen molar-refractivity contribution in [2.75, 3.05) is 19.0 Å². The van der Waals surface area contributed by atoms with E-state index < -0.39 is 5.97 Å². The van der Waals surface area contributed by atoms with Crippen molar-refractivity contribution in [3.05, 3.63) is 17.7 Å². The van der Waals surface area contributed by atoms with Gasteiger partial charge in [0.15, 0.2) is 5.69 Å². The van der Waals surface area contributed by atoms with E-state index >= 15 is 0 Å². The summed E-state index contributed by atoms with van der Waals surface area (Å²) in [5.74, 6) is -0.445. The number of hydrogen-bond donors (Lipinski definition) is 2. The standard InChI is InChI=1S/C12H19N3O3/c1-7(2)11-14-6-9(10(15-11)12(16)17)13-5-8(3)18-4/h6-8,13H,5H2,1-4H3,(H,16,17). The van der Waals surface area contributed by atoms with Crippen molar-refractivity contribution in [2.24, 2.45) is 0 Å². The number of aromatic nitrogens is 2. The van der Waals surface area contributed by atoms with Gasteiger partial charge in [-0.25, -0.2) is 14.8 Å². The van der Waals surface area contributed by atoms with E-state index in [0.717, 1.165) is 0 Å². The molecule has 1 heterocycles. The molecule has 0 aliphatic carbocycles. The molecule has 1 rings (SSSR count). The Morgan fingerprint density at radius 3 is 2.67 bits per heavy atom. The van der Waals surface area contributed by atoms with Crippen LogP contribution in [0.4, 0.5) is 5.69 Å². The minimum absolute atomic E-state index is 0.00277. The third-order valence-electron chi connectivity index (χ3n) is 2.51. The Balaban J connectivity index is 2.93. The van der Waals surface area contributed by atoms with Crippen LogP contribution in [0.3, 0.4) is 0 Å². The first-order valence-electron chi connectivity index (χ1n) is 5.82. The Morgan fingerprint density at radius 2 is 2.17 bits per heavy atom. The molecule has 0 bridgehead atoms. The molecule has 2 N–H and O–H groups in total. The number of rotatable bonds is 6. The van der Waals surface area contributed by atoms with Crippen molar-refractivity contribution in [1.82, 2.24) is 9.97 Å². The lowest BCUT2D eigenvalue weighted by Crippen LogP contribution is -2.20. The lowest BCUT2D eigenvalue weighted by molar-refractivity contribution is 0.0690. The molecule has 0 amide bonds. The van der Waals surface area contributed by atoms with E-state index in [-0.39, 0.29) is 17.7 Å². The zero-order valence-corrected chi connectivity index (χ0v) is 11.1. The summed E-state index contributed by atoms with van der Waals surface area (Å²) in [5.41, 5.74) is 0.410. The number of carboxylic acids is 1. The fourth-order valence-electron chi connectivity index (χ4n) is 1.30. The molecule has 0 spiro atoms. The topological polar surface area (TPSA) is 84.3 Å². The van der Waals surface area contributed by atoms with E-state index in [2.05, 4.69) is 15.3 Å². The zero-order valence-electron chi connectivity index (χ0n) is 11.1. The first kappa shape index (κ1) is 14.4. The third-order valence-corrected chi connectivity index (χ3v) is 2.51. The molecule has 1 unspecified atom stereocenters. The molecule has 0 aliphatic heterocycles. The van der Waals surface area contributed by atoms with Crippen LogP contribution >= 0.6 is 0 Å². The van der Waals surface area contributed by atoms with E-state index in [1.807, 2.05) is 20.8 Å². The Labute approximate surface area is 106 Å². The molecular formula is C12H19N3O3. The maximum absolute atomic E-state index is 11.1. The van der Waals surface area contributed by atoms with Gasteiger partial charge in [0.2, 0.25) is 0 Å². The van der Waals surface area contributed by atoms with Gasteiger partial charge in [0.05, 0.1) is 18.0 Å². The molecule has 6 nitrogen and oxygen atoms in total. The van der Waals surface area contributed by atoms with Crippen molar-refractivity contribution in [1.29, 1.82) is 0 Å². The summed E-state index contributed by atoms with van der Waals surface area (Å²) in [6, 6.07) is 0. The number of aromatic carboxylic acids is 1. The molecule has 100 valence electrons. The van der Waals surface area contributed by atoms with Gasteiger partial charge < -0.3 is 15.2 Å². The SMILES string of the molecule is COC(C)CNc1cnc(C(C)C)nc1C(=O)O. The fraction of sp³-hybridized carbons (Fsp3) is 0.583. The van der Waals surface area contributed by atoms with Gasteiger partial charge in [0.1, 0.15) is 5.82 Å². The van der Waals surface area contributed by atoms with E-state index in [1.165, 1.54) is 6.20 Å². The van der Waals surface area contributed by atoms with Gasteiger partial charge in [-0.2, -0.15) is 0 Å². The second kappa shape index (κ2) is 6.30. The van der Waals surface area contributed by atoms with Crippen LogP contribution < -0.4 is 5.32 Å². The summed E-state index contributed by atoms with van der Waals surface area (Å²) in [7, 11) is 1.60. The molecule has 1 aromatic heterocycles. The smallest absolute Gasteiger partial charge is 0.356 e. The second-order valence-corrected chi connectivity index (χ2v) is 4.38. The molecule has 0 radical (unpaired) electrons. The molecule has 0 fully saturated rings. The van der Waals surface area contributed by atoms with Crippen LogP contribution in [0.15, 0.2) is 6.20 Å². The molecule has 18 heavy (non-hydrogen) atoms. The lowest BCUT2D eigenvalue weighted by atomic mass is 10.2. The van der Waals surface area contributed by atoms with E-state index in [1.54, 1.807) is 7.11 Å². The first-order chi connectivity index (χ1) is 8.45. The number of hydrogen-bond acceptors (Lipinski definition) is 5.